The summed E-state index contributed by atoms with van der Waals surface area (Å²) < 4.78 is 0. The number of hydrogen-bond donors (Lipinski definition) is 5. The number of carboxylic acids is 1. The minimum absolute atomic E-state index is 0.339. The Hall–Kier alpha value is -2.53. The molecule has 6 N–H and O–H groups in total. The van der Waals surface area contributed by atoms with Gasteiger partial charge in [-0.15, -0.1) is 0 Å². The van der Waals surface area contributed by atoms with Gasteiger partial charge in [0, 0.05) is 37.3 Å². The molecule has 4 rings (SSSR count). The fourth-order valence-corrected chi connectivity index (χ4v) is 6.36. The van der Waals surface area contributed by atoms with E-state index in [9.17, 15) is 19.8 Å². The number of aliphatic carboxylic acids is 1. The molecule has 0 spiro atoms. The molecule has 0 unspecified atom stereocenters. The van der Waals surface area contributed by atoms with Crippen LogP contribution in [-0.2, 0) is 9.59 Å². The van der Waals surface area contributed by atoms with Gasteiger partial charge in [-0.05, 0) is 68.1 Å². The molecule has 3 aliphatic rings. The lowest BCUT2D eigenvalue weighted by Gasteiger charge is -2.40. The molecule has 10 nitrogen and oxygen atoms in total. The minimum Gasteiger partial charge on any atom is -0.480 e. The van der Waals surface area contributed by atoms with Crippen LogP contribution in [0.4, 0.5) is 0 Å². The van der Waals surface area contributed by atoms with Gasteiger partial charge in [0.1, 0.15) is 6.61 Å². The summed E-state index contributed by atoms with van der Waals surface area (Å²) in [4.78, 5) is 37.9. The fourth-order valence-electron chi connectivity index (χ4n) is 6.36. The molecule has 10 heteroatoms. The lowest BCUT2D eigenvalue weighted by Crippen LogP contribution is -2.50. The number of carbonyl (C=O) groups is 3. The van der Waals surface area contributed by atoms with Gasteiger partial charge in [-0.25, -0.2) is 4.79 Å². The second-order valence-corrected chi connectivity index (χ2v) is 10.8. The summed E-state index contributed by atoms with van der Waals surface area (Å²) in [7, 11) is 0. The predicted octanol–water partition coefficient (Wildman–Crippen LogP) is 1.32. The highest BCUT2D eigenvalue weighted by Gasteiger charge is 2.41. The maximum Gasteiger partial charge on any atom is 0.329 e. The van der Waals surface area contributed by atoms with Gasteiger partial charge in [-0.2, -0.15) is 0 Å². The summed E-state index contributed by atoms with van der Waals surface area (Å²) in [5.74, 6) is -0.994. The lowest BCUT2D eigenvalue weighted by molar-refractivity contribution is -0.143. The molecule has 3 fully saturated rings. The van der Waals surface area contributed by atoms with E-state index >= 15 is 0 Å². The van der Waals surface area contributed by atoms with Crippen LogP contribution in [0.2, 0.25) is 0 Å². The monoisotopic (exact) mass is 533 g/mol. The molecular formula is C28H43N3O7. The third-order valence-corrected chi connectivity index (χ3v) is 8.26. The first kappa shape index (κ1) is 30.0. The van der Waals surface area contributed by atoms with E-state index in [0.717, 1.165) is 45.1 Å². The highest BCUT2D eigenvalue weighted by atomic mass is 16.4. The second-order valence-electron chi connectivity index (χ2n) is 10.8. The topological polar surface area (TPSA) is 165 Å². The normalized spacial score (nSPS) is 24.2. The van der Waals surface area contributed by atoms with Crippen molar-refractivity contribution in [3.05, 3.63) is 35.4 Å². The van der Waals surface area contributed by atoms with Crippen LogP contribution < -0.4 is 5.73 Å². The van der Waals surface area contributed by atoms with Gasteiger partial charge in [0.25, 0.3) is 5.91 Å². The Labute approximate surface area is 224 Å². The molecule has 38 heavy (non-hydrogen) atoms. The zero-order valence-corrected chi connectivity index (χ0v) is 22.1. The summed E-state index contributed by atoms with van der Waals surface area (Å²) in [6.07, 6.45) is 9.06. The van der Waals surface area contributed by atoms with E-state index in [1.807, 2.05) is 12.1 Å². The van der Waals surface area contributed by atoms with Crippen molar-refractivity contribution in [2.24, 2.45) is 11.7 Å². The molecule has 2 aliphatic heterocycles. The van der Waals surface area contributed by atoms with E-state index < -0.39 is 25.3 Å². The number of amides is 2. The van der Waals surface area contributed by atoms with Crippen molar-refractivity contribution in [1.82, 2.24) is 9.80 Å². The number of primary amides is 1. The lowest BCUT2D eigenvalue weighted by atomic mass is 9.84. The Morgan fingerprint density at radius 2 is 1.66 bits per heavy atom. The van der Waals surface area contributed by atoms with Gasteiger partial charge in [-0.1, -0.05) is 31.4 Å². The maximum absolute atomic E-state index is 12.8. The number of aliphatic hydroxyl groups excluding tert-OH is 3. The number of carbonyl (C=O) groups excluding carboxylic acids is 2. The highest BCUT2D eigenvalue weighted by Crippen LogP contribution is 2.43. The van der Waals surface area contributed by atoms with Crippen LogP contribution in [0.3, 0.4) is 0 Å². The number of aliphatic hydroxyl groups is 3. The van der Waals surface area contributed by atoms with E-state index in [1.54, 1.807) is 11.0 Å². The number of fused-ring (bicyclic) bond motifs is 2. The van der Waals surface area contributed by atoms with Crippen LogP contribution in [0.25, 0.3) is 0 Å². The Bertz CT molecular complexity index is 923. The first-order chi connectivity index (χ1) is 18.2. The number of rotatable bonds is 10. The van der Waals surface area contributed by atoms with Crippen LogP contribution >= 0.6 is 0 Å². The number of piperidine rings is 1. The third-order valence-electron chi connectivity index (χ3n) is 8.26. The molecule has 1 aliphatic carbocycles. The Balaban J connectivity index is 0.000000732. The van der Waals surface area contributed by atoms with Crippen LogP contribution in [0.1, 0.15) is 79.6 Å². The first-order valence-corrected chi connectivity index (χ1v) is 13.8. The zero-order valence-electron chi connectivity index (χ0n) is 22.1. The zero-order chi connectivity index (χ0) is 27.7. The molecule has 2 saturated heterocycles. The molecule has 4 atom stereocenters. The maximum atomic E-state index is 12.8. The van der Waals surface area contributed by atoms with Gasteiger partial charge >= 0.3 is 5.97 Å². The Morgan fingerprint density at radius 1 is 1.03 bits per heavy atom. The van der Waals surface area contributed by atoms with Crippen molar-refractivity contribution in [2.75, 3.05) is 32.8 Å². The molecule has 212 valence electrons. The Kier molecular flexibility index (Phi) is 11.5. The van der Waals surface area contributed by atoms with Gasteiger partial charge in [0.05, 0.1) is 6.61 Å². The van der Waals surface area contributed by atoms with Crippen molar-refractivity contribution in [2.45, 2.75) is 81.9 Å². The average molecular weight is 534 g/mol. The van der Waals surface area contributed by atoms with Crippen LogP contribution in [0.15, 0.2) is 24.3 Å². The van der Waals surface area contributed by atoms with E-state index in [0.29, 0.717) is 42.6 Å². The molecule has 2 amide bonds. The van der Waals surface area contributed by atoms with Crippen molar-refractivity contribution in [3.8, 4) is 0 Å². The largest absolute Gasteiger partial charge is 0.480 e. The summed E-state index contributed by atoms with van der Waals surface area (Å²) in [5.41, 5.74) is 7.25. The number of benzene rings is 1. The summed E-state index contributed by atoms with van der Waals surface area (Å²) in [5, 5.41) is 34.4. The predicted molar refractivity (Wildman–Crippen MR) is 141 cm³/mol. The first-order valence-electron chi connectivity index (χ1n) is 13.8. The molecule has 1 saturated carbocycles. The van der Waals surface area contributed by atoms with Gasteiger partial charge in [-0.3, -0.25) is 14.5 Å². The number of nitrogens with two attached hydrogens (primary N) is 1. The van der Waals surface area contributed by atoms with Crippen molar-refractivity contribution in [3.63, 3.8) is 0 Å². The summed E-state index contributed by atoms with van der Waals surface area (Å²) in [6, 6.07) is 8.69. The van der Waals surface area contributed by atoms with E-state index in [2.05, 4.69) is 11.0 Å². The second kappa shape index (κ2) is 14.6. The van der Waals surface area contributed by atoms with E-state index in [-0.39, 0.29) is 11.8 Å². The highest BCUT2D eigenvalue weighted by molar-refractivity contribution is 5.92. The molecule has 1 aromatic rings. The number of nitrogens with zero attached hydrogens (tertiary/aromatic N) is 2. The van der Waals surface area contributed by atoms with E-state index in [4.69, 9.17) is 20.7 Å². The van der Waals surface area contributed by atoms with Crippen LogP contribution in [-0.4, -0.2) is 99.0 Å². The fraction of sp³-hybridized carbons (Fsp3) is 0.679. The van der Waals surface area contributed by atoms with Crippen molar-refractivity contribution in [1.29, 1.82) is 0 Å². The summed E-state index contributed by atoms with van der Waals surface area (Å²) >= 11 is 0. The van der Waals surface area contributed by atoms with Gasteiger partial charge in [0.15, 0.2) is 6.10 Å². The van der Waals surface area contributed by atoms with Crippen LogP contribution in [0, 0.1) is 5.92 Å². The van der Waals surface area contributed by atoms with Crippen LogP contribution in [0.5, 0.6) is 0 Å². The summed E-state index contributed by atoms with van der Waals surface area (Å²) in [6.45, 7) is 0.782. The third kappa shape index (κ3) is 8.23. The van der Waals surface area contributed by atoms with E-state index in [1.165, 1.54) is 24.8 Å². The SMILES string of the molecule is NC(=O)c1cccc([C@H]2C[C@H]3CC[C@@H](C2)N3CCN(CC2CCCCC2)C(=O)[C@@H](O)CO)c1.O=C(O)CO. The standard InChI is InChI=1S/C26H39N3O4.C2H4O3/c27-25(32)20-8-4-7-19(13-20)21-14-22-9-10-23(15-21)29(22)12-11-28(26(33)24(31)17-30)16-18-5-2-1-3-6-18;3-1-2(4)5/h4,7-8,13,18,21-24,30-31H,1-3,5-6,9-12,14-17H2,(H2,27,32);3H,1H2,(H,4,5)/t21-,22+,23-,24-;/m0./s1. The number of carboxylic acid groups (broad SMARTS) is 1. The quantitative estimate of drug-likeness (QED) is 0.300. The Morgan fingerprint density at radius 3 is 2.21 bits per heavy atom. The number of hydrogen-bond acceptors (Lipinski definition) is 7. The average Bonchev–Trinajstić information content (AvgIpc) is 3.16. The van der Waals surface area contributed by atoms with Crippen molar-refractivity contribution >= 4 is 17.8 Å². The molecule has 0 aromatic heterocycles. The molecular weight excluding hydrogens is 490 g/mol. The minimum atomic E-state index is -1.33. The molecule has 2 bridgehead atoms. The molecule has 2 heterocycles. The smallest absolute Gasteiger partial charge is 0.329 e. The van der Waals surface area contributed by atoms with Gasteiger partial charge in [0.2, 0.25) is 5.91 Å². The molecule has 1 aromatic carbocycles. The van der Waals surface area contributed by atoms with Crippen molar-refractivity contribution < 1.29 is 34.8 Å². The van der Waals surface area contributed by atoms with Gasteiger partial charge < -0.3 is 31.1 Å². The molecule has 0 radical (unpaired) electrons.